The first-order valence-electron chi connectivity index (χ1n) is 6.80. The third-order valence-electron chi connectivity index (χ3n) is 3.07. The van der Waals surface area contributed by atoms with Gasteiger partial charge in [0.05, 0.1) is 34.6 Å². The molecule has 1 aromatic carbocycles. The molecule has 0 aliphatic heterocycles. The van der Waals surface area contributed by atoms with Crippen LogP contribution in [0.5, 0.6) is 0 Å². The monoisotopic (exact) mass is 331 g/mol. The summed E-state index contributed by atoms with van der Waals surface area (Å²) in [5.41, 5.74) is 2.72. The minimum absolute atomic E-state index is 0.101. The minimum atomic E-state index is 0.101. The molecule has 0 aliphatic carbocycles. The fourth-order valence-electron chi connectivity index (χ4n) is 1.85. The van der Waals surface area contributed by atoms with Crippen LogP contribution in [0.4, 0.5) is 0 Å². The number of thioether (sulfide) groups is 1. The number of nitriles is 1. The topological polar surface area (TPSA) is 57.0 Å². The summed E-state index contributed by atoms with van der Waals surface area (Å²) in [6.45, 7) is 2.52. The molecule has 4 nitrogen and oxygen atoms in total. The minimum Gasteiger partial charge on any atom is -0.339 e. The summed E-state index contributed by atoms with van der Waals surface area (Å²) in [7, 11) is 1.80. The fraction of sp³-hybridized carbons (Fsp3) is 0.312. The molecule has 1 amide bonds. The Morgan fingerprint density at radius 1 is 1.41 bits per heavy atom. The Morgan fingerprint density at radius 2 is 2.14 bits per heavy atom. The lowest BCUT2D eigenvalue weighted by Gasteiger charge is -2.15. The van der Waals surface area contributed by atoms with Gasteiger partial charge in [0.1, 0.15) is 0 Å². The van der Waals surface area contributed by atoms with E-state index in [4.69, 9.17) is 5.26 Å². The lowest BCUT2D eigenvalue weighted by molar-refractivity contribution is -0.127. The van der Waals surface area contributed by atoms with Crippen LogP contribution in [-0.2, 0) is 17.1 Å². The molecular weight excluding hydrogens is 314 g/mol. The number of carbonyl (C=O) groups is 1. The average molecular weight is 331 g/mol. The molecule has 6 heteroatoms. The van der Waals surface area contributed by atoms with Crippen LogP contribution >= 0.6 is 23.1 Å². The molecule has 2 aromatic rings. The zero-order chi connectivity index (χ0) is 15.9. The molecule has 0 saturated carbocycles. The van der Waals surface area contributed by atoms with Gasteiger partial charge in [-0.15, -0.1) is 23.1 Å². The first-order chi connectivity index (χ1) is 10.6. The third-order valence-corrected chi connectivity index (χ3v) is 4.88. The maximum absolute atomic E-state index is 12.1. The van der Waals surface area contributed by atoms with Crippen molar-refractivity contribution in [2.24, 2.45) is 0 Å². The Morgan fingerprint density at radius 3 is 2.73 bits per heavy atom. The van der Waals surface area contributed by atoms with Gasteiger partial charge in [-0.2, -0.15) is 5.26 Å². The Kier molecular flexibility index (Phi) is 5.99. The molecule has 0 radical (unpaired) electrons. The number of aromatic nitrogens is 1. The molecule has 0 bridgehead atoms. The van der Waals surface area contributed by atoms with Gasteiger partial charge in [0.2, 0.25) is 5.91 Å². The summed E-state index contributed by atoms with van der Waals surface area (Å²) in [6, 6.07) is 9.55. The van der Waals surface area contributed by atoms with E-state index in [0.717, 1.165) is 22.0 Å². The molecule has 0 unspecified atom stereocenters. The van der Waals surface area contributed by atoms with E-state index in [0.29, 0.717) is 17.9 Å². The highest BCUT2D eigenvalue weighted by atomic mass is 32.2. The highest BCUT2D eigenvalue weighted by Gasteiger charge is 2.11. The van der Waals surface area contributed by atoms with Crippen LogP contribution in [-0.4, -0.2) is 28.6 Å². The van der Waals surface area contributed by atoms with Gasteiger partial charge in [0, 0.05) is 18.2 Å². The van der Waals surface area contributed by atoms with Gasteiger partial charge in [-0.05, 0) is 24.6 Å². The molecule has 0 atom stereocenters. The van der Waals surface area contributed by atoms with Crippen LogP contribution in [0.2, 0.25) is 0 Å². The van der Waals surface area contributed by atoms with Crippen LogP contribution < -0.4 is 0 Å². The summed E-state index contributed by atoms with van der Waals surface area (Å²) < 4.78 is 0. The molecule has 1 heterocycles. The second-order valence-electron chi connectivity index (χ2n) is 4.91. The molecule has 22 heavy (non-hydrogen) atoms. The molecule has 0 spiro atoms. The van der Waals surface area contributed by atoms with Crippen molar-refractivity contribution >= 4 is 29.0 Å². The predicted octanol–water partition coefficient (Wildman–Crippen LogP) is 3.22. The maximum Gasteiger partial charge on any atom is 0.232 e. The quantitative estimate of drug-likeness (QED) is 0.815. The Balaban J connectivity index is 1.75. The molecular formula is C16H17N3OS2. The molecule has 0 aliphatic rings. The van der Waals surface area contributed by atoms with Gasteiger partial charge in [-0.3, -0.25) is 4.79 Å². The largest absolute Gasteiger partial charge is 0.339 e. The summed E-state index contributed by atoms with van der Waals surface area (Å²) in [5.74, 6) is 1.31. The molecule has 0 fully saturated rings. The zero-order valence-electron chi connectivity index (χ0n) is 12.6. The fourth-order valence-corrected chi connectivity index (χ4v) is 3.38. The summed E-state index contributed by atoms with van der Waals surface area (Å²) in [4.78, 5) is 18.2. The number of hydrogen-bond acceptors (Lipinski definition) is 5. The summed E-state index contributed by atoms with van der Waals surface area (Å²) >= 11 is 3.18. The Labute approximate surface area is 138 Å². The van der Waals surface area contributed by atoms with Crippen LogP contribution in [0.3, 0.4) is 0 Å². The van der Waals surface area contributed by atoms with Gasteiger partial charge >= 0.3 is 0 Å². The van der Waals surface area contributed by atoms with E-state index < -0.39 is 0 Å². The average Bonchev–Trinajstić information content (AvgIpc) is 2.93. The highest BCUT2D eigenvalue weighted by Crippen LogP contribution is 2.15. The molecule has 1 aromatic heterocycles. The van der Waals surface area contributed by atoms with Gasteiger partial charge in [0.15, 0.2) is 0 Å². The molecule has 2 rings (SSSR count). The van der Waals surface area contributed by atoms with Crippen LogP contribution in [0.1, 0.15) is 21.8 Å². The van der Waals surface area contributed by atoms with Gasteiger partial charge in [-0.25, -0.2) is 4.98 Å². The highest BCUT2D eigenvalue weighted by molar-refractivity contribution is 7.99. The first kappa shape index (κ1) is 16.5. The summed E-state index contributed by atoms with van der Waals surface area (Å²) in [6.07, 6.45) is 0. The Bertz CT molecular complexity index is 673. The Hall–Kier alpha value is -1.84. The number of benzene rings is 1. The smallest absolute Gasteiger partial charge is 0.232 e. The van der Waals surface area contributed by atoms with E-state index in [2.05, 4.69) is 11.1 Å². The number of rotatable bonds is 6. The lowest BCUT2D eigenvalue weighted by atomic mass is 10.2. The number of thiazole rings is 1. The normalized spacial score (nSPS) is 10.2. The molecule has 0 N–H and O–H groups in total. The maximum atomic E-state index is 12.1. The van der Waals surface area contributed by atoms with Crippen LogP contribution in [0.15, 0.2) is 29.6 Å². The van der Waals surface area contributed by atoms with Crippen molar-refractivity contribution in [1.82, 2.24) is 9.88 Å². The van der Waals surface area contributed by atoms with Crippen molar-refractivity contribution < 1.29 is 4.79 Å². The van der Waals surface area contributed by atoms with Crippen LogP contribution in [0.25, 0.3) is 0 Å². The van der Waals surface area contributed by atoms with Gasteiger partial charge < -0.3 is 4.90 Å². The number of aryl methyl sites for hydroxylation is 1. The van der Waals surface area contributed by atoms with Crippen molar-refractivity contribution in [2.45, 2.75) is 19.2 Å². The van der Waals surface area contributed by atoms with E-state index in [1.165, 1.54) is 0 Å². The SMILES string of the molecule is Cc1nc(CN(C)C(=O)CSCc2ccc(C#N)cc2)cs1. The van der Waals surface area contributed by atoms with Crippen molar-refractivity contribution in [2.75, 3.05) is 12.8 Å². The number of amides is 1. The second kappa shape index (κ2) is 7.97. The van der Waals surface area contributed by atoms with E-state index >= 15 is 0 Å². The van der Waals surface area contributed by atoms with Crippen molar-refractivity contribution in [3.05, 3.63) is 51.5 Å². The van der Waals surface area contributed by atoms with E-state index in [1.54, 1.807) is 47.2 Å². The predicted molar refractivity (Wildman–Crippen MR) is 90.6 cm³/mol. The lowest BCUT2D eigenvalue weighted by Crippen LogP contribution is -2.28. The van der Waals surface area contributed by atoms with E-state index in [-0.39, 0.29) is 5.91 Å². The summed E-state index contributed by atoms with van der Waals surface area (Å²) in [5, 5.41) is 11.8. The molecule has 0 saturated heterocycles. The number of nitrogens with zero attached hydrogens (tertiary/aromatic N) is 3. The standard InChI is InChI=1S/C16H17N3OS2/c1-12-18-15(10-22-12)8-19(2)16(20)11-21-9-14-5-3-13(7-17)4-6-14/h3-6,10H,8-9,11H2,1-2H3. The van der Waals surface area contributed by atoms with Crippen LogP contribution in [0, 0.1) is 18.3 Å². The number of hydrogen-bond donors (Lipinski definition) is 0. The van der Waals surface area contributed by atoms with Crippen molar-refractivity contribution in [3.63, 3.8) is 0 Å². The third kappa shape index (κ3) is 4.86. The zero-order valence-corrected chi connectivity index (χ0v) is 14.2. The van der Waals surface area contributed by atoms with E-state index in [9.17, 15) is 4.79 Å². The number of carbonyl (C=O) groups excluding carboxylic acids is 1. The van der Waals surface area contributed by atoms with Gasteiger partial charge in [0.25, 0.3) is 0 Å². The van der Waals surface area contributed by atoms with E-state index in [1.807, 2.05) is 24.4 Å². The molecule has 114 valence electrons. The van der Waals surface area contributed by atoms with Crippen molar-refractivity contribution in [3.8, 4) is 6.07 Å². The second-order valence-corrected chi connectivity index (χ2v) is 6.96. The first-order valence-corrected chi connectivity index (χ1v) is 8.83. The van der Waals surface area contributed by atoms with Crippen molar-refractivity contribution in [1.29, 1.82) is 5.26 Å². The van der Waals surface area contributed by atoms with Gasteiger partial charge in [-0.1, -0.05) is 12.1 Å².